The molecule has 1 fully saturated rings. The normalized spacial score (nSPS) is 20.8. The molecule has 4 N–H and O–H groups in total. The maximum atomic E-state index is 11.3. The van der Waals surface area contributed by atoms with Gasteiger partial charge in [0.25, 0.3) is 0 Å². The van der Waals surface area contributed by atoms with Crippen molar-refractivity contribution < 1.29 is 9.59 Å². The Kier molecular flexibility index (Phi) is 7.03. The molecule has 1 aliphatic heterocycles. The lowest BCUT2D eigenvalue weighted by Crippen LogP contribution is -2.48. The topological polar surface area (TPSA) is 87.5 Å². The first kappa shape index (κ1) is 15.2. The zero-order valence-electron chi connectivity index (χ0n) is 9.36. The third-order valence-electron chi connectivity index (χ3n) is 2.39. The summed E-state index contributed by atoms with van der Waals surface area (Å²) < 4.78 is 0. The molecule has 0 aromatic rings. The van der Waals surface area contributed by atoms with Crippen molar-refractivity contribution in [2.75, 3.05) is 26.7 Å². The zero-order valence-corrected chi connectivity index (χ0v) is 10.2. The monoisotopic (exact) mass is 250 g/mol. The van der Waals surface area contributed by atoms with E-state index in [4.69, 9.17) is 5.73 Å². The van der Waals surface area contributed by atoms with Gasteiger partial charge in [0, 0.05) is 19.6 Å². The van der Waals surface area contributed by atoms with Crippen LogP contribution in [-0.4, -0.2) is 49.6 Å². The number of carbonyl (C=O) groups is 2. The molecular weight excluding hydrogens is 232 g/mol. The van der Waals surface area contributed by atoms with Crippen molar-refractivity contribution in [3.63, 3.8) is 0 Å². The van der Waals surface area contributed by atoms with Crippen LogP contribution in [0, 0.1) is 0 Å². The quantitative estimate of drug-likeness (QED) is 0.604. The lowest BCUT2D eigenvalue weighted by molar-refractivity contribution is -0.121. The minimum Gasteiger partial charge on any atom is -0.341 e. The van der Waals surface area contributed by atoms with Crippen LogP contribution < -0.4 is 16.4 Å². The van der Waals surface area contributed by atoms with Crippen LogP contribution in [0.4, 0.5) is 4.79 Å². The molecule has 0 radical (unpaired) electrons. The van der Waals surface area contributed by atoms with E-state index in [0.717, 1.165) is 25.9 Å². The van der Waals surface area contributed by atoms with Crippen molar-refractivity contribution in [2.45, 2.75) is 18.9 Å². The Balaban J connectivity index is 0.00000225. The largest absolute Gasteiger partial charge is 0.341 e. The lowest BCUT2D eigenvalue weighted by atomic mass is 10.1. The summed E-state index contributed by atoms with van der Waals surface area (Å²) in [6.45, 7) is 1.83. The maximum absolute atomic E-state index is 11.3. The SMILES string of the molecule is CNC(=O)NC(=O)CN1CCC[C@@H](N)C1.Cl. The molecule has 1 atom stereocenters. The Morgan fingerprint density at radius 2 is 2.19 bits per heavy atom. The number of amides is 3. The van der Waals surface area contributed by atoms with Gasteiger partial charge in [-0.1, -0.05) is 0 Å². The van der Waals surface area contributed by atoms with Gasteiger partial charge in [0.15, 0.2) is 0 Å². The van der Waals surface area contributed by atoms with E-state index in [0.29, 0.717) is 0 Å². The molecule has 0 unspecified atom stereocenters. The summed E-state index contributed by atoms with van der Waals surface area (Å²) in [6, 6.07) is -0.326. The minimum absolute atomic E-state index is 0. The number of likely N-dealkylation sites (tertiary alicyclic amines) is 1. The van der Waals surface area contributed by atoms with E-state index in [2.05, 4.69) is 10.6 Å². The second-order valence-electron chi connectivity index (χ2n) is 3.76. The molecule has 0 bridgehead atoms. The van der Waals surface area contributed by atoms with Crippen LogP contribution in [0.25, 0.3) is 0 Å². The number of nitrogens with one attached hydrogen (secondary N) is 2. The molecule has 3 amide bonds. The van der Waals surface area contributed by atoms with E-state index in [1.807, 2.05) is 4.90 Å². The van der Waals surface area contributed by atoms with Crippen molar-refractivity contribution in [2.24, 2.45) is 5.73 Å². The van der Waals surface area contributed by atoms with Gasteiger partial charge in [-0.2, -0.15) is 0 Å². The van der Waals surface area contributed by atoms with Crippen molar-refractivity contribution in [3.05, 3.63) is 0 Å². The molecule has 0 aromatic heterocycles. The van der Waals surface area contributed by atoms with Gasteiger partial charge < -0.3 is 11.1 Å². The highest BCUT2D eigenvalue weighted by atomic mass is 35.5. The first-order valence-electron chi connectivity index (χ1n) is 5.11. The molecule has 0 spiro atoms. The van der Waals surface area contributed by atoms with Gasteiger partial charge in [-0.15, -0.1) is 12.4 Å². The fourth-order valence-corrected chi connectivity index (χ4v) is 1.67. The molecule has 94 valence electrons. The van der Waals surface area contributed by atoms with Gasteiger partial charge >= 0.3 is 6.03 Å². The number of imide groups is 1. The summed E-state index contributed by atoms with van der Waals surface area (Å²) in [5.74, 6) is -0.288. The van der Waals surface area contributed by atoms with E-state index in [9.17, 15) is 9.59 Å². The first-order chi connectivity index (χ1) is 7.11. The third kappa shape index (κ3) is 5.29. The number of halogens is 1. The molecule has 1 aliphatic rings. The van der Waals surface area contributed by atoms with Crippen LogP contribution in [0.15, 0.2) is 0 Å². The molecule has 0 aliphatic carbocycles. The van der Waals surface area contributed by atoms with E-state index in [1.165, 1.54) is 7.05 Å². The molecule has 16 heavy (non-hydrogen) atoms. The van der Waals surface area contributed by atoms with Crippen LogP contribution in [0.2, 0.25) is 0 Å². The molecule has 6 nitrogen and oxygen atoms in total. The Morgan fingerprint density at radius 1 is 1.50 bits per heavy atom. The maximum Gasteiger partial charge on any atom is 0.321 e. The summed E-state index contributed by atoms with van der Waals surface area (Å²) in [5, 5.41) is 4.55. The van der Waals surface area contributed by atoms with Crippen LogP contribution in [0.3, 0.4) is 0 Å². The fourth-order valence-electron chi connectivity index (χ4n) is 1.67. The lowest BCUT2D eigenvalue weighted by Gasteiger charge is -2.29. The average Bonchev–Trinajstić information content (AvgIpc) is 2.17. The highest BCUT2D eigenvalue weighted by Gasteiger charge is 2.19. The highest BCUT2D eigenvalue weighted by molar-refractivity contribution is 5.95. The number of piperidine rings is 1. The number of carbonyl (C=O) groups excluding carboxylic acids is 2. The average molecular weight is 251 g/mol. The standard InChI is InChI=1S/C9H18N4O2.ClH/c1-11-9(15)12-8(14)6-13-4-2-3-7(10)5-13;/h7H,2-6,10H2,1H3,(H2,11,12,14,15);1H/t7-;/m1./s1. The fraction of sp³-hybridized carbons (Fsp3) is 0.778. The van der Waals surface area contributed by atoms with Crippen molar-refractivity contribution in [1.29, 1.82) is 0 Å². The number of nitrogens with zero attached hydrogens (tertiary/aromatic N) is 1. The molecule has 1 heterocycles. The Labute approximate surface area is 101 Å². The van der Waals surface area contributed by atoms with Crippen LogP contribution in [0.1, 0.15) is 12.8 Å². The van der Waals surface area contributed by atoms with Gasteiger partial charge in [0.2, 0.25) is 5.91 Å². The Hall–Kier alpha value is -0.850. The van der Waals surface area contributed by atoms with Crippen LogP contribution in [-0.2, 0) is 4.79 Å². The summed E-state index contributed by atoms with van der Waals surface area (Å²) in [4.78, 5) is 24.1. The molecule has 0 aromatic carbocycles. The van der Waals surface area contributed by atoms with Gasteiger partial charge in [-0.05, 0) is 19.4 Å². The van der Waals surface area contributed by atoms with Crippen molar-refractivity contribution in [1.82, 2.24) is 15.5 Å². The predicted molar refractivity (Wildman–Crippen MR) is 63.5 cm³/mol. The third-order valence-corrected chi connectivity index (χ3v) is 2.39. The molecule has 1 saturated heterocycles. The van der Waals surface area contributed by atoms with Gasteiger partial charge in [0.05, 0.1) is 6.54 Å². The molecule has 7 heteroatoms. The van der Waals surface area contributed by atoms with E-state index in [1.54, 1.807) is 0 Å². The summed E-state index contributed by atoms with van der Waals surface area (Å²) in [5.41, 5.74) is 5.78. The van der Waals surface area contributed by atoms with Crippen LogP contribution in [0.5, 0.6) is 0 Å². The minimum atomic E-state index is -0.471. The summed E-state index contributed by atoms with van der Waals surface area (Å²) in [6.07, 6.45) is 2.02. The van der Waals surface area contributed by atoms with Gasteiger partial charge in [-0.3, -0.25) is 15.0 Å². The van der Waals surface area contributed by atoms with Crippen LogP contribution >= 0.6 is 12.4 Å². The number of hydrogen-bond donors (Lipinski definition) is 3. The second-order valence-corrected chi connectivity index (χ2v) is 3.76. The second kappa shape index (κ2) is 7.43. The number of urea groups is 1. The smallest absolute Gasteiger partial charge is 0.321 e. The number of rotatable bonds is 2. The Bertz CT molecular complexity index is 250. The number of nitrogens with two attached hydrogens (primary N) is 1. The summed E-state index contributed by atoms with van der Waals surface area (Å²) >= 11 is 0. The zero-order chi connectivity index (χ0) is 11.3. The van der Waals surface area contributed by atoms with Crippen molar-refractivity contribution >= 4 is 24.3 Å². The summed E-state index contributed by atoms with van der Waals surface area (Å²) in [7, 11) is 1.47. The molecule has 1 rings (SSSR count). The van der Waals surface area contributed by atoms with Gasteiger partial charge in [-0.25, -0.2) is 4.79 Å². The highest BCUT2D eigenvalue weighted by Crippen LogP contribution is 2.06. The van der Waals surface area contributed by atoms with Gasteiger partial charge in [0.1, 0.15) is 0 Å². The van der Waals surface area contributed by atoms with E-state index >= 15 is 0 Å². The predicted octanol–water partition coefficient (Wildman–Crippen LogP) is -0.713. The van der Waals surface area contributed by atoms with E-state index in [-0.39, 0.29) is 30.9 Å². The number of hydrogen-bond acceptors (Lipinski definition) is 4. The molecule has 0 saturated carbocycles. The Morgan fingerprint density at radius 3 is 2.75 bits per heavy atom. The van der Waals surface area contributed by atoms with E-state index < -0.39 is 6.03 Å². The van der Waals surface area contributed by atoms with Crippen molar-refractivity contribution in [3.8, 4) is 0 Å². The first-order valence-corrected chi connectivity index (χ1v) is 5.11. The molecular formula is C9H19ClN4O2.